The zero-order chi connectivity index (χ0) is 6.27. The predicted octanol–water partition coefficient (Wildman–Crippen LogP) is 0.720. The van der Waals surface area contributed by atoms with Crippen molar-refractivity contribution in [2.75, 3.05) is 0 Å². The zero-order valence-electron chi connectivity index (χ0n) is 4.46. The highest BCUT2D eigenvalue weighted by Gasteiger charge is 1.90. The van der Waals surface area contributed by atoms with Crippen LogP contribution in [0.15, 0.2) is 12.4 Å². The van der Waals surface area contributed by atoms with Crippen LogP contribution in [0.25, 0.3) is 5.65 Å². The molecular formula is C4H4N4S. The molecule has 0 saturated carbocycles. The summed E-state index contributed by atoms with van der Waals surface area (Å²) in [6, 6.07) is 1.81. The van der Waals surface area contributed by atoms with Crippen LogP contribution in [-0.2, 0) is 0 Å². The number of aromatic amines is 2. The lowest BCUT2D eigenvalue weighted by atomic mass is 10.7. The number of hydrogen-bond donors (Lipinski definition) is 2. The monoisotopic (exact) mass is 140 g/mol. The lowest BCUT2D eigenvalue weighted by molar-refractivity contribution is 0.816. The van der Waals surface area contributed by atoms with Gasteiger partial charge in [0.2, 0.25) is 0 Å². The first-order valence-corrected chi connectivity index (χ1v) is 2.88. The van der Waals surface area contributed by atoms with Gasteiger partial charge in [0, 0.05) is 6.07 Å². The van der Waals surface area contributed by atoms with E-state index in [2.05, 4.69) is 15.2 Å². The molecule has 2 rings (SSSR count). The van der Waals surface area contributed by atoms with Gasteiger partial charge in [-0.2, -0.15) is 4.63 Å². The predicted molar refractivity (Wildman–Crippen MR) is 34.7 cm³/mol. The summed E-state index contributed by atoms with van der Waals surface area (Å²) >= 11 is 4.83. The average molecular weight is 140 g/mol. The van der Waals surface area contributed by atoms with E-state index in [0.717, 1.165) is 5.65 Å². The van der Waals surface area contributed by atoms with E-state index < -0.39 is 0 Å². The fourth-order valence-corrected chi connectivity index (χ4v) is 0.927. The molecular weight excluding hydrogens is 136 g/mol. The van der Waals surface area contributed by atoms with Gasteiger partial charge in [-0.3, -0.25) is 5.10 Å². The normalized spacial score (nSPS) is 10.7. The third-order valence-corrected chi connectivity index (χ3v) is 1.31. The molecule has 0 fully saturated rings. The highest BCUT2D eigenvalue weighted by Crippen LogP contribution is 1.94. The van der Waals surface area contributed by atoms with E-state index >= 15 is 0 Å². The minimum Gasteiger partial charge on any atom is -0.328 e. The van der Waals surface area contributed by atoms with E-state index in [9.17, 15) is 0 Å². The molecule has 9 heavy (non-hydrogen) atoms. The average Bonchev–Trinajstić information content (AvgIpc) is 2.22. The SMILES string of the molecule is S=c1cc2[nH]cnn2[nH]1. The van der Waals surface area contributed by atoms with Crippen LogP contribution >= 0.6 is 12.2 Å². The topological polar surface area (TPSA) is 48.9 Å². The van der Waals surface area contributed by atoms with Gasteiger partial charge in [0.15, 0.2) is 5.65 Å². The van der Waals surface area contributed by atoms with E-state index in [4.69, 9.17) is 12.2 Å². The molecule has 4 nitrogen and oxygen atoms in total. The fourth-order valence-electron chi connectivity index (χ4n) is 0.729. The van der Waals surface area contributed by atoms with Gasteiger partial charge in [-0.25, -0.2) is 0 Å². The zero-order valence-corrected chi connectivity index (χ0v) is 5.27. The second kappa shape index (κ2) is 1.44. The molecule has 2 aromatic heterocycles. The van der Waals surface area contributed by atoms with Gasteiger partial charge < -0.3 is 4.98 Å². The second-order valence-electron chi connectivity index (χ2n) is 1.71. The highest BCUT2D eigenvalue weighted by atomic mass is 32.1. The maximum Gasteiger partial charge on any atom is 0.154 e. The molecule has 0 spiro atoms. The summed E-state index contributed by atoms with van der Waals surface area (Å²) in [6.45, 7) is 0. The number of nitrogens with one attached hydrogen (secondary N) is 2. The van der Waals surface area contributed by atoms with Gasteiger partial charge in [-0.1, -0.05) is 12.2 Å². The molecule has 0 aliphatic heterocycles. The van der Waals surface area contributed by atoms with Crippen LogP contribution in [0.5, 0.6) is 0 Å². The molecule has 0 aromatic carbocycles. The van der Waals surface area contributed by atoms with Crippen molar-refractivity contribution in [3.05, 3.63) is 17.0 Å². The Hall–Kier alpha value is -1.10. The van der Waals surface area contributed by atoms with Gasteiger partial charge in [-0.15, -0.1) is 5.10 Å². The first kappa shape index (κ1) is 4.75. The molecule has 5 heteroatoms. The lowest BCUT2D eigenvalue weighted by Crippen LogP contribution is -1.82. The molecule has 0 unspecified atom stereocenters. The summed E-state index contributed by atoms with van der Waals surface area (Å²) in [5.74, 6) is 0. The Morgan fingerprint density at radius 3 is 3.33 bits per heavy atom. The summed E-state index contributed by atoms with van der Waals surface area (Å²) in [4.78, 5) is 2.89. The van der Waals surface area contributed by atoms with Crippen molar-refractivity contribution in [2.24, 2.45) is 0 Å². The van der Waals surface area contributed by atoms with Crippen LogP contribution in [0.4, 0.5) is 0 Å². The van der Waals surface area contributed by atoms with Gasteiger partial charge in [0.05, 0.1) is 0 Å². The van der Waals surface area contributed by atoms with Crippen LogP contribution < -0.4 is 0 Å². The Balaban J connectivity index is 3.08. The number of H-pyrrole nitrogens is 2. The van der Waals surface area contributed by atoms with Gasteiger partial charge in [-0.05, 0) is 0 Å². The Morgan fingerprint density at radius 2 is 2.56 bits per heavy atom. The van der Waals surface area contributed by atoms with Crippen molar-refractivity contribution in [3.8, 4) is 0 Å². The standard InChI is InChI=1S/C4H4N4S/c9-4-1-3-5-2-6-8(3)7-4/h1-2H,(H,5,6)(H,7,9). The quantitative estimate of drug-likeness (QED) is 0.530. The summed E-state index contributed by atoms with van der Waals surface area (Å²) < 4.78 is 2.27. The molecule has 2 aromatic rings. The lowest BCUT2D eigenvalue weighted by Gasteiger charge is -1.73. The molecule has 0 aliphatic carbocycles. The number of nitrogens with zero attached hydrogens (tertiary/aromatic N) is 2. The maximum absolute atomic E-state index is 4.83. The molecule has 0 saturated heterocycles. The van der Waals surface area contributed by atoms with Crippen molar-refractivity contribution < 1.29 is 0 Å². The highest BCUT2D eigenvalue weighted by molar-refractivity contribution is 7.71. The third-order valence-electron chi connectivity index (χ3n) is 1.10. The van der Waals surface area contributed by atoms with Crippen LogP contribution in [0, 0.1) is 4.64 Å². The summed E-state index contributed by atoms with van der Waals surface area (Å²) in [5.41, 5.74) is 0.889. The van der Waals surface area contributed by atoms with E-state index in [1.807, 2.05) is 6.07 Å². The summed E-state index contributed by atoms with van der Waals surface area (Å²) in [7, 11) is 0. The van der Waals surface area contributed by atoms with E-state index in [1.54, 1.807) is 11.0 Å². The fraction of sp³-hybridized carbons (Fsp3) is 0. The Morgan fingerprint density at radius 1 is 1.67 bits per heavy atom. The van der Waals surface area contributed by atoms with Crippen molar-refractivity contribution in [3.63, 3.8) is 0 Å². The molecule has 46 valence electrons. The molecule has 0 radical (unpaired) electrons. The van der Waals surface area contributed by atoms with Crippen molar-refractivity contribution in [1.29, 1.82) is 0 Å². The van der Waals surface area contributed by atoms with Crippen LogP contribution in [0.1, 0.15) is 0 Å². The molecule has 2 heterocycles. The Labute approximate surface area is 55.5 Å². The number of fused-ring (bicyclic) bond motifs is 1. The number of hydrogen-bond acceptors (Lipinski definition) is 2. The molecule has 0 aliphatic rings. The first-order valence-electron chi connectivity index (χ1n) is 2.48. The Kier molecular flexibility index (Phi) is 0.762. The maximum atomic E-state index is 4.83. The minimum atomic E-state index is 0.689. The van der Waals surface area contributed by atoms with Crippen molar-refractivity contribution >= 4 is 17.9 Å². The second-order valence-corrected chi connectivity index (χ2v) is 2.15. The first-order chi connectivity index (χ1) is 4.36. The van der Waals surface area contributed by atoms with Crippen molar-refractivity contribution in [1.82, 2.24) is 19.8 Å². The smallest absolute Gasteiger partial charge is 0.154 e. The van der Waals surface area contributed by atoms with E-state index in [-0.39, 0.29) is 0 Å². The molecule has 0 bridgehead atoms. The van der Waals surface area contributed by atoms with E-state index in [1.165, 1.54) is 0 Å². The van der Waals surface area contributed by atoms with Crippen LogP contribution in [-0.4, -0.2) is 19.8 Å². The van der Waals surface area contributed by atoms with Crippen molar-refractivity contribution in [2.45, 2.75) is 0 Å². The molecule has 2 N–H and O–H groups in total. The van der Waals surface area contributed by atoms with Gasteiger partial charge >= 0.3 is 0 Å². The number of rotatable bonds is 0. The van der Waals surface area contributed by atoms with Crippen LogP contribution in [0.2, 0.25) is 0 Å². The molecule has 0 amide bonds. The van der Waals surface area contributed by atoms with Crippen LogP contribution in [0.3, 0.4) is 0 Å². The number of aromatic nitrogens is 4. The third kappa shape index (κ3) is 0.580. The van der Waals surface area contributed by atoms with E-state index in [0.29, 0.717) is 4.64 Å². The minimum absolute atomic E-state index is 0.689. The molecule has 0 atom stereocenters. The van der Waals surface area contributed by atoms with Gasteiger partial charge in [0.1, 0.15) is 11.0 Å². The van der Waals surface area contributed by atoms with Gasteiger partial charge in [0.25, 0.3) is 0 Å². The largest absolute Gasteiger partial charge is 0.328 e. The summed E-state index contributed by atoms with van der Waals surface area (Å²) in [5, 5.41) is 6.71. The summed E-state index contributed by atoms with van der Waals surface area (Å²) in [6.07, 6.45) is 1.60. The Bertz CT molecular complexity index is 335.